The number of hydrogen-bond acceptors (Lipinski definition) is 2. The molecule has 0 radical (unpaired) electrons. The van der Waals surface area contributed by atoms with E-state index in [1.165, 1.54) is 6.07 Å². The zero-order valence-electron chi connectivity index (χ0n) is 10.1. The van der Waals surface area contributed by atoms with Crippen LogP contribution in [0.15, 0.2) is 18.2 Å². The van der Waals surface area contributed by atoms with Crippen LogP contribution in [0, 0.1) is 18.7 Å². The summed E-state index contributed by atoms with van der Waals surface area (Å²) in [5.74, 6) is -0.321. The Morgan fingerprint density at radius 2 is 2.18 bits per heavy atom. The Hall–Kier alpha value is -1.42. The van der Waals surface area contributed by atoms with Crippen LogP contribution in [-0.4, -0.2) is 11.4 Å². The van der Waals surface area contributed by atoms with Gasteiger partial charge in [0.2, 0.25) is 5.91 Å². The zero-order valence-corrected chi connectivity index (χ0v) is 10.1. The average Bonchev–Trinajstić information content (AvgIpc) is 3.08. The smallest absolute Gasteiger partial charge is 0.244 e. The van der Waals surface area contributed by atoms with Crippen molar-refractivity contribution >= 4 is 11.6 Å². The van der Waals surface area contributed by atoms with Crippen LogP contribution in [0.5, 0.6) is 0 Å². The van der Waals surface area contributed by atoms with E-state index in [9.17, 15) is 9.18 Å². The number of carbonyl (C=O) groups excluding carboxylic acids is 1. The molecule has 0 bridgehead atoms. The summed E-state index contributed by atoms with van der Waals surface area (Å²) < 4.78 is 13.3. The molecule has 1 unspecified atom stereocenters. The predicted molar refractivity (Wildman–Crippen MR) is 65.1 cm³/mol. The third-order valence-corrected chi connectivity index (χ3v) is 3.43. The average molecular weight is 236 g/mol. The van der Waals surface area contributed by atoms with Gasteiger partial charge in [0.25, 0.3) is 0 Å². The second kappa shape index (κ2) is 4.11. The first-order chi connectivity index (χ1) is 7.93. The number of carbonyl (C=O) groups is 1. The van der Waals surface area contributed by atoms with Crippen molar-refractivity contribution in [2.45, 2.75) is 32.2 Å². The highest BCUT2D eigenvalue weighted by atomic mass is 19.1. The molecular formula is C13H17FN2O. The maximum absolute atomic E-state index is 13.3. The molecule has 3 nitrogen and oxygen atoms in total. The highest BCUT2D eigenvalue weighted by molar-refractivity contribution is 5.98. The van der Waals surface area contributed by atoms with Gasteiger partial charge in [-0.1, -0.05) is 6.07 Å². The van der Waals surface area contributed by atoms with E-state index in [-0.39, 0.29) is 17.6 Å². The molecule has 3 N–H and O–H groups in total. The molecule has 1 saturated carbocycles. The molecule has 1 amide bonds. The predicted octanol–water partition coefficient (Wildman–Crippen LogP) is 2.20. The largest absolute Gasteiger partial charge is 0.324 e. The maximum Gasteiger partial charge on any atom is 0.244 e. The van der Waals surface area contributed by atoms with Crippen LogP contribution in [0.25, 0.3) is 0 Å². The number of halogens is 1. The molecular weight excluding hydrogens is 219 g/mol. The Labute approximate surface area is 100 Å². The molecule has 0 aromatic heterocycles. The van der Waals surface area contributed by atoms with Gasteiger partial charge in [0.1, 0.15) is 5.82 Å². The van der Waals surface area contributed by atoms with Crippen molar-refractivity contribution < 1.29 is 9.18 Å². The molecule has 92 valence electrons. The number of hydrogen-bond donors (Lipinski definition) is 2. The van der Waals surface area contributed by atoms with Gasteiger partial charge in [-0.05, 0) is 44.7 Å². The molecule has 1 fully saturated rings. The van der Waals surface area contributed by atoms with E-state index < -0.39 is 5.54 Å². The number of rotatable bonds is 3. The molecule has 2 rings (SSSR count). The summed E-state index contributed by atoms with van der Waals surface area (Å²) in [6.07, 6.45) is 1.98. The van der Waals surface area contributed by atoms with E-state index in [2.05, 4.69) is 5.32 Å². The van der Waals surface area contributed by atoms with Crippen LogP contribution in [0.3, 0.4) is 0 Å². The van der Waals surface area contributed by atoms with E-state index in [0.29, 0.717) is 11.3 Å². The Morgan fingerprint density at radius 3 is 2.76 bits per heavy atom. The second-order valence-corrected chi connectivity index (χ2v) is 4.92. The number of amides is 1. The van der Waals surface area contributed by atoms with Crippen LogP contribution in [0.1, 0.15) is 25.3 Å². The summed E-state index contributed by atoms with van der Waals surface area (Å²) in [7, 11) is 0. The topological polar surface area (TPSA) is 55.1 Å². The highest BCUT2D eigenvalue weighted by Crippen LogP contribution is 2.38. The first-order valence-corrected chi connectivity index (χ1v) is 5.78. The minimum Gasteiger partial charge on any atom is -0.324 e. The summed E-state index contributed by atoms with van der Waals surface area (Å²) in [4.78, 5) is 12.0. The van der Waals surface area contributed by atoms with Gasteiger partial charge in [-0.25, -0.2) is 4.39 Å². The van der Waals surface area contributed by atoms with Crippen LogP contribution >= 0.6 is 0 Å². The van der Waals surface area contributed by atoms with Crippen LogP contribution < -0.4 is 11.1 Å². The molecule has 17 heavy (non-hydrogen) atoms. The third-order valence-electron chi connectivity index (χ3n) is 3.43. The van der Waals surface area contributed by atoms with Crippen molar-refractivity contribution in [1.29, 1.82) is 0 Å². The van der Waals surface area contributed by atoms with Crippen molar-refractivity contribution in [2.24, 2.45) is 11.7 Å². The van der Waals surface area contributed by atoms with Crippen molar-refractivity contribution in [1.82, 2.24) is 0 Å². The molecule has 1 aromatic carbocycles. The van der Waals surface area contributed by atoms with Crippen LogP contribution in [0.4, 0.5) is 10.1 Å². The number of benzene rings is 1. The van der Waals surface area contributed by atoms with Gasteiger partial charge in [-0.3, -0.25) is 4.79 Å². The van der Waals surface area contributed by atoms with Gasteiger partial charge in [0.15, 0.2) is 0 Å². The lowest BCUT2D eigenvalue weighted by Crippen LogP contribution is -2.50. The Morgan fingerprint density at radius 1 is 1.53 bits per heavy atom. The Balaban J connectivity index is 2.15. The van der Waals surface area contributed by atoms with Crippen molar-refractivity contribution in [3.05, 3.63) is 29.6 Å². The second-order valence-electron chi connectivity index (χ2n) is 4.92. The quantitative estimate of drug-likeness (QED) is 0.845. The lowest BCUT2D eigenvalue weighted by atomic mass is 9.96. The lowest BCUT2D eigenvalue weighted by molar-refractivity contribution is -0.121. The van der Waals surface area contributed by atoms with Gasteiger partial charge in [0.05, 0.1) is 5.54 Å². The highest BCUT2D eigenvalue weighted by Gasteiger charge is 2.44. The SMILES string of the molecule is Cc1c(F)cccc1NC(=O)C(C)(N)C1CC1. The lowest BCUT2D eigenvalue weighted by Gasteiger charge is -2.23. The van der Waals surface area contributed by atoms with E-state index in [1.807, 2.05) is 0 Å². The van der Waals surface area contributed by atoms with E-state index in [0.717, 1.165) is 12.8 Å². The molecule has 0 aliphatic heterocycles. The van der Waals surface area contributed by atoms with E-state index in [4.69, 9.17) is 5.73 Å². The van der Waals surface area contributed by atoms with E-state index in [1.54, 1.807) is 26.0 Å². The van der Waals surface area contributed by atoms with Crippen molar-refractivity contribution in [2.75, 3.05) is 5.32 Å². The minimum absolute atomic E-state index is 0.242. The Kier molecular flexibility index (Phi) is 2.91. The summed E-state index contributed by atoms with van der Waals surface area (Å²) in [5, 5.41) is 2.71. The van der Waals surface area contributed by atoms with Gasteiger partial charge in [-0.15, -0.1) is 0 Å². The van der Waals surface area contributed by atoms with Crippen LogP contribution in [0.2, 0.25) is 0 Å². The molecule has 0 spiro atoms. The number of anilines is 1. The van der Waals surface area contributed by atoms with E-state index >= 15 is 0 Å². The Bertz CT molecular complexity index is 453. The molecule has 0 heterocycles. The molecule has 0 saturated heterocycles. The fourth-order valence-corrected chi connectivity index (χ4v) is 1.87. The standard InChI is InChI=1S/C13H17FN2O/c1-8-10(14)4-3-5-11(8)16-12(17)13(2,15)9-6-7-9/h3-5,9H,6-7,15H2,1-2H3,(H,16,17). The number of nitrogens with two attached hydrogens (primary N) is 1. The summed E-state index contributed by atoms with van der Waals surface area (Å²) in [5.41, 5.74) is 6.06. The fourth-order valence-electron chi connectivity index (χ4n) is 1.87. The molecule has 4 heteroatoms. The zero-order chi connectivity index (χ0) is 12.6. The van der Waals surface area contributed by atoms with Crippen molar-refractivity contribution in [3.8, 4) is 0 Å². The first-order valence-electron chi connectivity index (χ1n) is 5.78. The molecule has 1 atom stereocenters. The first kappa shape index (κ1) is 12.0. The normalized spacial score (nSPS) is 18.6. The third kappa shape index (κ3) is 2.31. The van der Waals surface area contributed by atoms with Gasteiger partial charge < -0.3 is 11.1 Å². The molecule has 1 aromatic rings. The summed E-state index contributed by atoms with van der Waals surface area (Å²) in [6, 6.07) is 4.62. The van der Waals surface area contributed by atoms with Gasteiger partial charge in [-0.2, -0.15) is 0 Å². The van der Waals surface area contributed by atoms with Crippen LogP contribution in [-0.2, 0) is 4.79 Å². The van der Waals surface area contributed by atoms with Crippen molar-refractivity contribution in [3.63, 3.8) is 0 Å². The summed E-state index contributed by atoms with van der Waals surface area (Å²) >= 11 is 0. The molecule has 1 aliphatic rings. The maximum atomic E-state index is 13.3. The number of nitrogens with one attached hydrogen (secondary N) is 1. The monoisotopic (exact) mass is 236 g/mol. The summed E-state index contributed by atoms with van der Waals surface area (Å²) in [6.45, 7) is 3.37. The van der Waals surface area contributed by atoms with Gasteiger partial charge in [0, 0.05) is 11.3 Å². The minimum atomic E-state index is -0.862. The fraction of sp³-hybridized carbons (Fsp3) is 0.462. The van der Waals surface area contributed by atoms with Gasteiger partial charge >= 0.3 is 0 Å². The molecule has 1 aliphatic carbocycles.